The van der Waals surface area contributed by atoms with Gasteiger partial charge in [0.15, 0.2) is 0 Å². The van der Waals surface area contributed by atoms with E-state index in [9.17, 15) is 4.79 Å². The van der Waals surface area contributed by atoms with Crippen LogP contribution in [0.1, 0.15) is 59.1 Å². The molecule has 1 amide bonds. The number of alkyl carbamates (subject to hydrolysis) is 1. The fourth-order valence-electron chi connectivity index (χ4n) is 3.58. The topological polar surface area (TPSA) is 54.0 Å². The summed E-state index contributed by atoms with van der Waals surface area (Å²) in [5.41, 5.74) is 0.545. The fraction of sp³-hybridized carbons (Fsp3) is 0.708. The lowest BCUT2D eigenvalue weighted by Crippen LogP contribution is -2.48. The SMILES string of the molecule is CCCC(C)COc1ccc([C@H](CN2CCN(C)CC2)NC(=O)OC(C)(C)C)cc1. The first-order valence-electron chi connectivity index (χ1n) is 11.3. The van der Waals surface area contributed by atoms with E-state index in [1.54, 1.807) is 0 Å². The van der Waals surface area contributed by atoms with Crippen LogP contribution < -0.4 is 10.1 Å². The van der Waals surface area contributed by atoms with E-state index in [4.69, 9.17) is 9.47 Å². The van der Waals surface area contributed by atoms with Gasteiger partial charge in [-0.15, -0.1) is 0 Å². The van der Waals surface area contributed by atoms with E-state index >= 15 is 0 Å². The number of rotatable bonds is 9. The summed E-state index contributed by atoms with van der Waals surface area (Å²) in [5.74, 6) is 1.42. The predicted molar refractivity (Wildman–Crippen MR) is 122 cm³/mol. The third-order valence-electron chi connectivity index (χ3n) is 5.33. The molecule has 1 aliphatic rings. The molecule has 0 aliphatic carbocycles. The van der Waals surface area contributed by atoms with Gasteiger partial charge < -0.3 is 19.7 Å². The van der Waals surface area contributed by atoms with Crippen molar-refractivity contribution in [2.24, 2.45) is 5.92 Å². The zero-order valence-electron chi connectivity index (χ0n) is 19.7. The normalized spacial score (nSPS) is 17.9. The van der Waals surface area contributed by atoms with Gasteiger partial charge in [0.1, 0.15) is 11.4 Å². The molecule has 1 aromatic rings. The number of hydrogen-bond donors (Lipinski definition) is 1. The summed E-state index contributed by atoms with van der Waals surface area (Å²) in [4.78, 5) is 17.2. The number of amides is 1. The van der Waals surface area contributed by atoms with Crippen molar-refractivity contribution in [3.63, 3.8) is 0 Å². The number of carbonyl (C=O) groups is 1. The van der Waals surface area contributed by atoms with E-state index < -0.39 is 5.60 Å². The Balaban J connectivity index is 2.03. The number of ether oxygens (including phenoxy) is 2. The number of piperazine rings is 1. The molecule has 2 atom stereocenters. The Hall–Kier alpha value is -1.79. The van der Waals surface area contributed by atoms with Gasteiger partial charge in [0.2, 0.25) is 0 Å². The Morgan fingerprint density at radius 1 is 1.13 bits per heavy atom. The largest absolute Gasteiger partial charge is 0.493 e. The van der Waals surface area contributed by atoms with Crippen molar-refractivity contribution in [2.75, 3.05) is 46.4 Å². The monoisotopic (exact) mass is 419 g/mol. The van der Waals surface area contributed by atoms with Gasteiger partial charge in [-0.3, -0.25) is 4.90 Å². The molecule has 6 nitrogen and oxygen atoms in total. The highest BCUT2D eigenvalue weighted by Crippen LogP contribution is 2.21. The second-order valence-electron chi connectivity index (χ2n) is 9.58. The van der Waals surface area contributed by atoms with Crippen LogP contribution in [0.4, 0.5) is 4.79 Å². The third-order valence-corrected chi connectivity index (χ3v) is 5.33. The minimum Gasteiger partial charge on any atom is -0.493 e. The zero-order valence-corrected chi connectivity index (χ0v) is 19.7. The average molecular weight is 420 g/mol. The highest BCUT2D eigenvalue weighted by atomic mass is 16.6. The van der Waals surface area contributed by atoms with Crippen molar-refractivity contribution in [3.05, 3.63) is 29.8 Å². The van der Waals surface area contributed by atoms with Crippen molar-refractivity contribution < 1.29 is 14.3 Å². The lowest BCUT2D eigenvalue weighted by atomic mass is 10.1. The van der Waals surface area contributed by atoms with Gasteiger partial charge in [-0.05, 0) is 57.9 Å². The molecule has 0 saturated carbocycles. The van der Waals surface area contributed by atoms with Crippen LogP contribution >= 0.6 is 0 Å². The van der Waals surface area contributed by atoms with E-state index in [1.807, 2.05) is 32.9 Å². The van der Waals surface area contributed by atoms with Gasteiger partial charge in [-0.1, -0.05) is 32.4 Å². The summed E-state index contributed by atoms with van der Waals surface area (Å²) in [6.07, 6.45) is 1.97. The van der Waals surface area contributed by atoms with E-state index in [2.05, 4.69) is 48.1 Å². The summed E-state index contributed by atoms with van der Waals surface area (Å²) in [6, 6.07) is 7.98. The minimum atomic E-state index is -0.519. The Bertz CT molecular complexity index is 634. The van der Waals surface area contributed by atoms with E-state index in [1.165, 1.54) is 12.8 Å². The van der Waals surface area contributed by atoms with E-state index in [0.717, 1.165) is 50.6 Å². The number of carbonyl (C=O) groups excluding carboxylic acids is 1. The van der Waals surface area contributed by atoms with Gasteiger partial charge in [0, 0.05) is 32.7 Å². The van der Waals surface area contributed by atoms with Crippen LogP contribution in [-0.2, 0) is 4.74 Å². The highest BCUT2D eigenvalue weighted by Gasteiger charge is 2.24. The summed E-state index contributed by atoms with van der Waals surface area (Å²) in [5, 5.41) is 3.08. The van der Waals surface area contributed by atoms with Crippen LogP contribution in [0.3, 0.4) is 0 Å². The first kappa shape index (κ1) is 24.5. The Morgan fingerprint density at radius 3 is 2.33 bits per heavy atom. The molecule has 1 N–H and O–H groups in total. The summed E-state index contributed by atoms with van der Waals surface area (Å²) >= 11 is 0. The van der Waals surface area contributed by atoms with Crippen molar-refractivity contribution in [1.82, 2.24) is 15.1 Å². The number of likely N-dealkylation sites (N-methyl/N-ethyl adjacent to an activating group) is 1. The molecule has 6 heteroatoms. The average Bonchev–Trinajstić information content (AvgIpc) is 2.67. The molecule has 2 rings (SSSR count). The molecule has 1 saturated heterocycles. The molecule has 1 fully saturated rings. The van der Waals surface area contributed by atoms with Crippen LogP contribution in [0.5, 0.6) is 5.75 Å². The van der Waals surface area contributed by atoms with Crippen LogP contribution in [0.2, 0.25) is 0 Å². The maximum absolute atomic E-state index is 12.5. The molecule has 1 aromatic carbocycles. The number of nitrogens with one attached hydrogen (secondary N) is 1. The van der Waals surface area contributed by atoms with Crippen LogP contribution in [0.15, 0.2) is 24.3 Å². The van der Waals surface area contributed by atoms with Crippen LogP contribution in [0.25, 0.3) is 0 Å². The molecule has 30 heavy (non-hydrogen) atoms. The van der Waals surface area contributed by atoms with E-state index in [-0.39, 0.29) is 12.1 Å². The van der Waals surface area contributed by atoms with Crippen molar-refractivity contribution in [3.8, 4) is 5.75 Å². The summed E-state index contributed by atoms with van der Waals surface area (Å²) < 4.78 is 11.4. The molecule has 170 valence electrons. The second-order valence-corrected chi connectivity index (χ2v) is 9.58. The third kappa shape index (κ3) is 8.92. The van der Waals surface area contributed by atoms with Crippen LogP contribution in [-0.4, -0.2) is 67.9 Å². The molecule has 1 heterocycles. The van der Waals surface area contributed by atoms with Crippen molar-refractivity contribution >= 4 is 6.09 Å². The highest BCUT2D eigenvalue weighted by molar-refractivity contribution is 5.68. The van der Waals surface area contributed by atoms with Crippen molar-refractivity contribution in [1.29, 1.82) is 0 Å². The number of nitrogens with zero attached hydrogens (tertiary/aromatic N) is 2. The fourth-order valence-corrected chi connectivity index (χ4v) is 3.58. The number of hydrogen-bond acceptors (Lipinski definition) is 5. The Kier molecular flexibility index (Phi) is 9.43. The number of benzene rings is 1. The van der Waals surface area contributed by atoms with Gasteiger partial charge in [0.05, 0.1) is 12.6 Å². The van der Waals surface area contributed by atoms with Gasteiger partial charge in [-0.25, -0.2) is 4.79 Å². The molecule has 0 spiro atoms. The molecule has 0 bridgehead atoms. The quantitative estimate of drug-likeness (QED) is 0.646. The summed E-state index contributed by atoms with van der Waals surface area (Å²) in [7, 11) is 2.15. The summed E-state index contributed by atoms with van der Waals surface area (Å²) in [6.45, 7) is 15.6. The molecular formula is C24H41N3O3. The lowest BCUT2D eigenvalue weighted by Gasteiger charge is -2.35. The molecular weight excluding hydrogens is 378 g/mol. The first-order chi connectivity index (χ1) is 14.2. The first-order valence-corrected chi connectivity index (χ1v) is 11.3. The standard InChI is InChI=1S/C24H41N3O3/c1-7-8-19(2)18-29-21-11-9-20(10-12-21)22(25-23(28)30-24(3,4)5)17-27-15-13-26(6)14-16-27/h9-12,19,22H,7-8,13-18H2,1-6H3,(H,25,28)/t19?,22-/m0/s1. The van der Waals surface area contributed by atoms with Crippen LogP contribution in [0, 0.1) is 5.92 Å². The van der Waals surface area contributed by atoms with E-state index in [0.29, 0.717) is 5.92 Å². The smallest absolute Gasteiger partial charge is 0.408 e. The Morgan fingerprint density at radius 2 is 1.77 bits per heavy atom. The van der Waals surface area contributed by atoms with Gasteiger partial charge in [-0.2, -0.15) is 0 Å². The minimum absolute atomic E-state index is 0.128. The van der Waals surface area contributed by atoms with Gasteiger partial charge in [0.25, 0.3) is 0 Å². The Labute approximate surface area is 182 Å². The lowest BCUT2D eigenvalue weighted by molar-refractivity contribution is 0.0481. The molecule has 0 radical (unpaired) electrons. The molecule has 0 aromatic heterocycles. The zero-order chi connectivity index (χ0) is 22.1. The van der Waals surface area contributed by atoms with Gasteiger partial charge >= 0.3 is 6.09 Å². The molecule has 1 unspecified atom stereocenters. The maximum atomic E-state index is 12.5. The predicted octanol–water partition coefficient (Wildman–Crippen LogP) is 4.31. The molecule has 1 aliphatic heterocycles. The van der Waals surface area contributed by atoms with Crippen molar-refractivity contribution in [2.45, 2.75) is 59.1 Å². The second kappa shape index (κ2) is 11.6. The maximum Gasteiger partial charge on any atom is 0.408 e.